The van der Waals surface area contributed by atoms with Gasteiger partial charge in [-0.1, -0.05) is 6.92 Å². The van der Waals surface area contributed by atoms with Gasteiger partial charge < -0.3 is 4.74 Å². The molecule has 16 heavy (non-hydrogen) atoms. The van der Waals surface area contributed by atoms with Crippen LogP contribution in [0.5, 0.6) is 5.75 Å². The van der Waals surface area contributed by atoms with Crippen LogP contribution in [-0.2, 0) is 10.0 Å². The van der Waals surface area contributed by atoms with Crippen molar-refractivity contribution in [3.63, 3.8) is 0 Å². The Morgan fingerprint density at radius 3 is 3.06 bits per heavy atom. The van der Waals surface area contributed by atoms with Gasteiger partial charge in [-0.25, -0.2) is 13.1 Å². The van der Waals surface area contributed by atoms with Gasteiger partial charge in [0.15, 0.2) is 0 Å². The van der Waals surface area contributed by atoms with Crippen LogP contribution in [0.2, 0.25) is 0 Å². The number of nitrogens with zero attached hydrogens (tertiary/aromatic N) is 1. The zero-order valence-electron chi connectivity index (χ0n) is 8.80. The Balaban J connectivity index is 2.42. The molecule has 0 bridgehead atoms. The Morgan fingerprint density at radius 1 is 1.50 bits per heavy atom. The molecular formula is C10H12N2O3S. The van der Waals surface area contributed by atoms with Gasteiger partial charge in [0.05, 0.1) is 4.90 Å². The molecule has 5 nitrogen and oxygen atoms in total. The van der Waals surface area contributed by atoms with Crippen molar-refractivity contribution in [1.82, 2.24) is 4.72 Å². The highest BCUT2D eigenvalue weighted by Crippen LogP contribution is 2.31. The Hall–Kier alpha value is -1.40. The molecule has 1 aliphatic rings. The molecule has 0 radical (unpaired) electrons. The molecule has 6 heteroatoms. The molecule has 1 N–H and O–H groups in total. The first-order valence-electron chi connectivity index (χ1n) is 4.92. The third kappa shape index (κ3) is 2.07. The predicted octanol–water partition coefficient (Wildman–Crippen LogP) is 1.08. The molecule has 0 aromatic heterocycles. The summed E-state index contributed by atoms with van der Waals surface area (Å²) >= 11 is 0. The van der Waals surface area contributed by atoms with E-state index in [1.807, 2.05) is 0 Å². The normalized spacial score (nSPS) is 14.3. The van der Waals surface area contributed by atoms with Gasteiger partial charge in [-0.2, -0.15) is 0 Å². The molecule has 1 aromatic rings. The lowest BCUT2D eigenvalue weighted by Crippen LogP contribution is -2.23. The Kier molecular flexibility index (Phi) is 2.93. The average molecular weight is 240 g/mol. The maximum Gasteiger partial charge on any atom is 0.240 e. The summed E-state index contributed by atoms with van der Waals surface area (Å²) in [5, 5.41) is 0. The third-order valence-electron chi connectivity index (χ3n) is 2.12. The number of hydrogen-bond acceptors (Lipinski definition) is 4. The van der Waals surface area contributed by atoms with E-state index in [0.29, 0.717) is 24.6 Å². The second-order valence-electron chi connectivity index (χ2n) is 3.25. The van der Waals surface area contributed by atoms with E-state index in [9.17, 15) is 8.42 Å². The highest BCUT2D eigenvalue weighted by Gasteiger charge is 2.16. The van der Waals surface area contributed by atoms with Gasteiger partial charge in [-0.15, -0.1) is 0 Å². The summed E-state index contributed by atoms with van der Waals surface area (Å²) in [5.74, 6) is 0.609. The predicted molar refractivity (Wildman–Crippen MR) is 61.0 cm³/mol. The van der Waals surface area contributed by atoms with E-state index in [-0.39, 0.29) is 4.90 Å². The molecular weight excluding hydrogens is 228 g/mol. The summed E-state index contributed by atoms with van der Waals surface area (Å²) in [5.41, 5.74) is 0.547. The lowest BCUT2D eigenvalue weighted by molar-refractivity contribution is 0.376. The lowest BCUT2D eigenvalue weighted by Gasteiger charge is -2.12. The van der Waals surface area contributed by atoms with Crippen LogP contribution in [0.25, 0.3) is 0 Å². The van der Waals surface area contributed by atoms with Crippen LogP contribution in [0.15, 0.2) is 28.1 Å². The van der Waals surface area contributed by atoms with Crippen molar-refractivity contribution in [2.24, 2.45) is 4.99 Å². The second-order valence-corrected chi connectivity index (χ2v) is 5.02. The molecule has 0 atom stereocenters. The standard InChI is InChI=1S/C10H12N2O3S/c1-2-12-16(13,14)8-3-4-10-9(7-8)11-5-6-15-10/h3-5,7,12H,2,6H2,1H3. The van der Waals surface area contributed by atoms with Crippen LogP contribution in [0.3, 0.4) is 0 Å². The highest BCUT2D eigenvalue weighted by molar-refractivity contribution is 7.89. The van der Waals surface area contributed by atoms with Crippen molar-refractivity contribution in [2.45, 2.75) is 11.8 Å². The quantitative estimate of drug-likeness (QED) is 0.859. The number of aliphatic imine (C=N–C) groups is 1. The van der Waals surface area contributed by atoms with Crippen LogP contribution in [0, 0.1) is 0 Å². The van der Waals surface area contributed by atoms with Crippen LogP contribution < -0.4 is 9.46 Å². The van der Waals surface area contributed by atoms with E-state index >= 15 is 0 Å². The molecule has 1 aromatic carbocycles. The van der Waals surface area contributed by atoms with E-state index < -0.39 is 10.0 Å². The lowest BCUT2D eigenvalue weighted by atomic mass is 10.3. The topological polar surface area (TPSA) is 67.8 Å². The zero-order chi connectivity index (χ0) is 11.6. The molecule has 86 valence electrons. The minimum Gasteiger partial charge on any atom is -0.486 e. The first-order valence-corrected chi connectivity index (χ1v) is 6.41. The van der Waals surface area contributed by atoms with Gasteiger partial charge in [0, 0.05) is 12.8 Å². The van der Waals surface area contributed by atoms with E-state index in [4.69, 9.17) is 4.74 Å². The summed E-state index contributed by atoms with van der Waals surface area (Å²) < 4.78 is 31.1. The van der Waals surface area contributed by atoms with Crippen molar-refractivity contribution in [3.05, 3.63) is 18.2 Å². The summed E-state index contributed by atoms with van der Waals surface area (Å²) in [7, 11) is -3.42. The third-order valence-corrected chi connectivity index (χ3v) is 3.66. The summed E-state index contributed by atoms with van der Waals surface area (Å²) in [6.45, 7) is 2.52. The maximum absolute atomic E-state index is 11.7. The summed E-state index contributed by atoms with van der Waals surface area (Å²) in [6.07, 6.45) is 1.60. The largest absolute Gasteiger partial charge is 0.486 e. The van der Waals surface area contributed by atoms with Crippen molar-refractivity contribution in [2.75, 3.05) is 13.2 Å². The molecule has 0 spiro atoms. The van der Waals surface area contributed by atoms with E-state index in [1.165, 1.54) is 12.1 Å². The molecule has 0 fully saturated rings. The SMILES string of the molecule is CCNS(=O)(=O)c1ccc2c(c1)N=CCO2. The molecule has 0 amide bonds. The fraction of sp³-hybridized carbons (Fsp3) is 0.300. The minimum atomic E-state index is -3.42. The van der Waals surface area contributed by atoms with Gasteiger partial charge >= 0.3 is 0 Å². The second kappa shape index (κ2) is 4.23. The van der Waals surface area contributed by atoms with Crippen molar-refractivity contribution < 1.29 is 13.2 Å². The minimum absolute atomic E-state index is 0.204. The highest BCUT2D eigenvalue weighted by atomic mass is 32.2. The molecule has 0 unspecified atom stereocenters. The fourth-order valence-electron chi connectivity index (χ4n) is 1.42. The van der Waals surface area contributed by atoms with Crippen molar-refractivity contribution in [1.29, 1.82) is 0 Å². The van der Waals surface area contributed by atoms with Gasteiger partial charge in [-0.3, -0.25) is 4.99 Å². The average Bonchev–Trinajstić information content (AvgIpc) is 2.28. The van der Waals surface area contributed by atoms with Crippen LogP contribution in [0.1, 0.15) is 6.92 Å². The van der Waals surface area contributed by atoms with Gasteiger partial charge in [0.25, 0.3) is 0 Å². The summed E-state index contributed by atoms with van der Waals surface area (Å²) in [4.78, 5) is 4.29. The first-order chi connectivity index (χ1) is 7.63. The molecule has 0 aliphatic carbocycles. The molecule has 0 saturated heterocycles. The van der Waals surface area contributed by atoms with Crippen LogP contribution in [0.4, 0.5) is 5.69 Å². The van der Waals surface area contributed by atoms with E-state index in [0.717, 1.165) is 0 Å². The zero-order valence-corrected chi connectivity index (χ0v) is 9.62. The molecule has 1 aliphatic heterocycles. The number of benzene rings is 1. The Bertz CT molecular complexity index is 523. The van der Waals surface area contributed by atoms with Crippen LogP contribution >= 0.6 is 0 Å². The van der Waals surface area contributed by atoms with E-state index in [2.05, 4.69) is 9.71 Å². The number of hydrogen-bond donors (Lipinski definition) is 1. The number of fused-ring (bicyclic) bond motifs is 1. The van der Waals surface area contributed by atoms with Crippen molar-refractivity contribution >= 4 is 21.9 Å². The molecule has 2 rings (SSSR count). The summed E-state index contributed by atoms with van der Waals surface area (Å²) in [6, 6.07) is 4.64. The van der Waals surface area contributed by atoms with Gasteiger partial charge in [0.2, 0.25) is 10.0 Å². The molecule has 1 heterocycles. The number of nitrogens with one attached hydrogen (secondary N) is 1. The number of sulfonamides is 1. The maximum atomic E-state index is 11.7. The smallest absolute Gasteiger partial charge is 0.240 e. The molecule has 0 saturated carbocycles. The fourth-order valence-corrected chi connectivity index (χ4v) is 2.48. The first kappa shape index (κ1) is 11.1. The monoisotopic (exact) mass is 240 g/mol. The van der Waals surface area contributed by atoms with Gasteiger partial charge in [0.1, 0.15) is 18.0 Å². The van der Waals surface area contributed by atoms with Crippen molar-refractivity contribution in [3.8, 4) is 5.75 Å². The Morgan fingerprint density at radius 2 is 2.31 bits per heavy atom. The number of ether oxygens (including phenoxy) is 1. The number of rotatable bonds is 3. The Labute approximate surface area is 94.2 Å². The van der Waals surface area contributed by atoms with E-state index in [1.54, 1.807) is 19.2 Å². The van der Waals surface area contributed by atoms with Gasteiger partial charge in [-0.05, 0) is 18.2 Å². The van der Waals surface area contributed by atoms with Crippen LogP contribution in [-0.4, -0.2) is 27.8 Å².